The van der Waals surface area contributed by atoms with Crippen LogP contribution in [0.3, 0.4) is 0 Å². The molecule has 0 aliphatic heterocycles. The molecule has 0 bridgehead atoms. The Morgan fingerprint density at radius 3 is 2.31 bits per heavy atom. The highest BCUT2D eigenvalue weighted by Crippen LogP contribution is 2.25. The van der Waals surface area contributed by atoms with Crippen LogP contribution in [0.25, 0.3) is 16.9 Å². The monoisotopic (exact) mass is 472 g/mol. The van der Waals surface area contributed by atoms with Gasteiger partial charge >= 0.3 is 5.69 Å². The van der Waals surface area contributed by atoms with Gasteiger partial charge in [0.2, 0.25) is 0 Å². The number of aromatic amines is 1. The van der Waals surface area contributed by atoms with Gasteiger partial charge in [0.1, 0.15) is 11.5 Å². The number of carbonyl (C=O) groups excluding carboxylic acids is 1. The Bertz CT molecular complexity index is 1440. The van der Waals surface area contributed by atoms with Crippen LogP contribution in [0.2, 0.25) is 0 Å². The number of para-hydroxylation sites is 1. The predicted octanol–water partition coefficient (Wildman–Crippen LogP) is 3.44. The lowest BCUT2D eigenvalue weighted by Gasteiger charge is -2.23. The number of hydrogen-bond donors (Lipinski definition) is 2. The van der Waals surface area contributed by atoms with E-state index in [1.165, 1.54) is 9.47 Å². The molecule has 0 atom stereocenters. The fourth-order valence-electron chi connectivity index (χ4n) is 3.97. The van der Waals surface area contributed by atoms with Crippen molar-refractivity contribution in [3.63, 3.8) is 0 Å². The van der Waals surface area contributed by atoms with E-state index in [9.17, 15) is 14.4 Å². The van der Waals surface area contributed by atoms with Gasteiger partial charge in [-0.05, 0) is 31.5 Å². The van der Waals surface area contributed by atoms with E-state index in [0.717, 1.165) is 12.0 Å². The molecule has 4 aromatic rings. The molecule has 9 nitrogen and oxygen atoms in total. The highest BCUT2D eigenvalue weighted by molar-refractivity contribution is 6.07. The largest absolute Gasteiger partial charge is 0.383 e. The summed E-state index contributed by atoms with van der Waals surface area (Å²) in [6.45, 7) is 4.25. The topological polar surface area (TPSA) is 119 Å². The first-order valence-electron chi connectivity index (χ1n) is 11.6. The van der Waals surface area contributed by atoms with Crippen molar-refractivity contribution in [3.8, 4) is 16.9 Å². The Kier molecular flexibility index (Phi) is 6.96. The van der Waals surface area contributed by atoms with Crippen molar-refractivity contribution in [2.45, 2.75) is 33.2 Å². The number of carbonyl (C=O) groups is 1. The molecule has 0 fully saturated rings. The number of rotatable bonds is 8. The number of nitrogens with zero attached hydrogens (tertiary/aromatic N) is 4. The summed E-state index contributed by atoms with van der Waals surface area (Å²) in [5, 5.41) is 4.70. The van der Waals surface area contributed by atoms with Crippen molar-refractivity contribution in [1.29, 1.82) is 0 Å². The van der Waals surface area contributed by atoms with Gasteiger partial charge in [0, 0.05) is 18.7 Å². The number of nitrogens with two attached hydrogens (primary N) is 1. The number of hydrogen-bond acceptors (Lipinski definition) is 5. The fourth-order valence-corrected chi connectivity index (χ4v) is 3.97. The number of amides is 1. The normalized spacial score (nSPS) is 10.9. The van der Waals surface area contributed by atoms with Crippen molar-refractivity contribution in [1.82, 2.24) is 19.3 Å². The molecule has 3 N–H and O–H groups in total. The van der Waals surface area contributed by atoms with Gasteiger partial charge in [0.05, 0.1) is 11.4 Å². The summed E-state index contributed by atoms with van der Waals surface area (Å²) in [6.07, 6.45) is 1.55. The number of benzene rings is 2. The van der Waals surface area contributed by atoms with E-state index in [1.807, 2.05) is 67.6 Å². The molecule has 0 aliphatic carbocycles. The van der Waals surface area contributed by atoms with Crippen molar-refractivity contribution in [2.75, 3.05) is 17.2 Å². The lowest BCUT2D eigenvalue weighted by molar-refractivity contribution is 0.0980. The SMILES string of the molecule is CCCCn1c(N)c(N(CC)C(=O)c2cc(-c3ccccc3)nn2-c2ccccc2)c(=O)[nH]c1=O. The van der Waals surface area contributed by atoms with Gasteiger partial charge in [0.15, 0.2) is 5.69 Å². The quantitative estimate of drug-likeness (QED) is 0.407. The third-order valence-corrected chi connectivity index (χ3v) is 5.78. The molecular formula is C26H28N6O3. The smallest absolute Gasteiger partial charge is 0.330 e. The second kappa shape index (κ2) is 10.3. The first-order valence-corrected chi connectivity index (χ1v) is 11.6. The molecule has 0 radical (unpaired) electrons. The number of nitrogen functional groups attached to an aromatic ring is 1. The van der Waals surface area contributed by atoms with Crippen LogP contribution in [-0.2, 0) is 6.54 Å². The molecule has 0 saturated carbocycles. The number of aromatic nitrogens is 4. The second-order valence-corrected chi connectivity index (χ2v) is 8.08. The molecule has 1 amide bonds. The third kappa shape index (κ3) is 4.65. The zero-order valence-corrected chi connectivity index (χ0v) is 19.8. The zero-order chi connectivity index (χ0) is 24.9. The van der Waals surface area contributed by atoms with E-state index in [2.05, 4.69) is 4.98 Å². The van der Waals surface area contributed by atoms with E-state index < -0.39 is 17.2 Å². The maximum Gasteiger partial charge on any atom is 0.330 e. The van der Waals surface area contributed by atoms with Gasteiger partial charge in [-0.1, -0.05) is 61.9 Å². The number of unbranched alkanes of at least 4 members (excludes halogenated alkanes) is 1. The summed E-state index contributed by atoms with van der Waals surface area (Å²) in [5.74, 6) is -0.486. The van der Waals surface area contributed by atoms with Crippen LogP contribution in [0.5, 0.6) is 0 Å². The Balaban J connectivity index is 1.86. The van der Waals surface area contributed by atoms with E-state index in [-0.39, 0.29) is 23.7 Å². The van der Waals surface area contributed by atoms with Gasteiger partial charge in [-0.3, -0.25) is 24.0 Å². The van der Waals surface area contributed by atoms with Crippen LogP contribution in [0, 0.1) is 0 Å². The molecule has 4 rings (SSSR count). The van der Waals surface area contributed by atoms with Crippen LogP contribution in [-0.4, -0.2) is 31.8 Å². The molecule has 0 saturated heterocycles. The van der Waals surface area contributed by atoms with Gasteiger partial charge < -0.3 is 5.73 Å². The molecular weight excluding hydrogens is 444 g/mol. The molecule has 2 aromatic heterocycles. The van der Waals surface area contributed by atoms with Crippen LogP contribution >= 0.6 is 0 Å². The van der Waals surface area contributed by atoms with Gasteiger partial charge in [-0.15, -0.1) is 0 Å². The number of H-pyrrole nitrogens is 1. The molecule has 0 unspecified atom stereocenters. The molecule has 180 valence electrons. The number of anilines is 2. The van der Waals surface area contributed by atoms with E-state index in [1.54, 1.807) is 17.7 Å². The highest BCUT2D eigenvalue weighted by atomic mass is 16.2. The van der Waals surface area contributed by atoms with Crippen molar-refractivity contribution in [2.24, 2.45) is 0 Å². The van der Waals surface area contributed by atoms with E-state index >= 15 is 0 Å². The summed E-state index contributed by atoms with van der Waals surface area (Å²) in [5.41, 5.74) is 7.38. The van der Waals surface area contributed by atoms with Crippen LogP contribution in [0.15, 0.2) is 76.3 Å². The summed E-state index contributed by atoms with van der Waals surface area (Å²) in [4.78, 5) is 42.7. The standard InChI is InChI=1S/C26H28N6O3/c1-3-5-16-31-23(27)22(24(33)28-26(31)35)30(4-2)25(34)21-17-20(18-12-8-6-9-13-18)29-32(21)19-14-10-7-11-15-19/h6-15,17H,3-5,16,27H2,1-2H3,(H,28,33,35). The third-order valence-electron chi connectivity index (χ3n) is 5.78. The van der Waals surface area contributed by atoms with Crippen LogP contribution in [0.4, 0.5) is 11.5 Å². The van der Waals surface area contributed by atoms with Crippen LogP contribution in [0.1, 0.15) is 37.2 Å². The highest BCUT2D eigenvalue weighted by Gasteiger charge is 2.27. The summed E-state index contributed by atoms with van der Waals surface area (Å²) >= 11 is 0. The minimum absolute atomic E-state index is 0.0311. The molecule has 35 heavy (non-hydrogen) atoms. The molecule has 9 heteroatoms. The van der Waals surface area contributed by atoms with Crippen molar-refractivity contribution in [3.05, 3.63) is 93.3 Å². The van der Waals surface area contributed by atoms with Crippen molar-refractivity contribution < 1.29 is 4.79 Å². The van der Waals surface area contributed by atoms with Crippen molar-refractivity contribution >= 4 is 17.4 Å². The Morgan fingerprint density at radius 2 is 1.69 bits per heavy atom. The van der Waals surface area contributed by atoms with E-state index in [4.69, 9.17) is 10.8 Å². The summed E-state index contributed by atoms with van der Waals surface area (Å²) in [7, 11) is 0. The lowest BCUT2D eigenvalue weighted by Crippen LogP contribution is -2.41. The lowest BCUT2D eigenvalue weighted by atomic mass is 10.1. The van der Waals surface area contributed by atoms with Crippen LogP contribution < -0.4 is 21.9 Å². The summed E-state index contributed by atoms with van der Waals surface area (Å²) in [6, 6.07) is 20.5. The Labute approximate surface area is 202 Å². The first kappa shape index (κ1) is 23.7. The minimum Gasteiger partial charge on any atom is -0.383 e. The first-order chi connectivity index (χ1) is 17.0. The minimum atomic E-state index is -0.704. The Hall–Kier alpha value is -4.40. The number of nitrogens with one attached hydrogen (secondary N) is 1. The van der Waals surface area contributed by atoms with E-state index in [0.29, 0.717) is 24.3 Å². The fraction of sp³-hybridized carbons (Fsp3) is 0.231. The molecule has 0 spiro atoms. The van der Waals surface area contributed by atoms with Gasteiger partial charge in [-0.25, -0.2) is 9.48 Å². The average Bonchev–Trinajstić information content (AvgIpc) is 3.33. The molecule has 0 aliphatic rings. The Morgan fingerprint density at radius 1 is 1.03 bits per heavy atom. The maximum atomic E-state index is 13.9. The maximum absolute atomic E-state index is 13.9. The summed E-state index contributed by atoms with van der Waals surface area (Å²) < 4.78 is 2.87. The molecule has 2 heterocycles. The molecule has 2 aromatic carbocycles. The zero-order valence-electron chi connectivity index (χ0n) is 19.8. The average molecular weight is 473 g/mol. The van der Waals surface area contributed by atoms with Gasteiger partial charge in [-0.2, -0.15) is 5.10 Å². The predicted molar refractivity (Wildman–Crippen MR) is 137 cm³/mol. The van der Waals surface area contributed by atoms with Gasteiger partial charge in [0.25, 0.3) is 11.5 Å². The second-order valence-electron chi connectivity index (χ2n) is 8.08.